The number of hydrogen-bond donors (Lipinski definition) is 8. The second-order valence-corrected chi connectivity index (χ2v) is 18.8. The number of rotatable bonds is 12. The normalized spacial score (nSPS) is 25.0. The SMILES string of the molecule is CO[C@@H](C(=O)NC1CCc2ccccc2NC1=O)[C@@H]1OC(C)(C)O[C@H](/C=C/C(C)(C)C)[C@@H]1O.CO[C@@H](C(=O)NC1CCc2ccccc2NC1=O)[C@H](O)[C@@H](O)[C@H](O)/C=C/C(C)(C)C. The number of carbonyl (C=O) groups is 4. The highest BCUT2D eigenvalue weighted by molar-refractivity contribution is 5.99. The van der Waals surface area contributed by atoms with Gasteiger partial charge in [-0.3, -0.25) is 19.2 Å². The summed E-state index contributed by atoms with van der Waals surface area (Å²) in [5.41, 5.74) is 3.10. The molecule has 2 aromatic rings. The van der Waals surface area contributed by atoms with Gasteiger partial charge in [0.2, 0.25) is 11.8 Å². The van der Waals surface area contributed by atoms with Gasteiger partial charge in [0.1, 0.15) is 48.7 Å². The summed E-state index contributed by atoms with van der Waals surface area (Å²) in [6, 6.07) is 13.4. The van der Waals surface area contributed by atoms with Crippen LogP contribution in [0.3, 0.4) is 0 Å². The number of aryl methyl sites for hydroxylation is 2. The molecule has 4 amide bonds. The standard InChI is InChI=1S/C25H36N2O6.C22H32N2O6/c1-24(2,3)14-13-18-19(28)20(33-25(4,5)32-18)21(31-6)23(30)27-17-12-11-15-9-7-8-10-16(15)26-22(17)29;1-22(2,3)12-11-16(25)17(26)18(27)19(30-4)21(29)24-15-10-9-13-7-5-6-8-14(13)23-20(15)28/h7-10,13-14,17-21,28H,11-12H2,1-6H3,(H,26,29)(H,27,30);5-8,11-12,15-19,25-27H,9-10H2,1-4H3,(H,23,28)(H,24,29)/b14-13+;12-11+/t17?,18-,19+,20-,21-;15?,16-,17+,18-,19-/m11/s1. The molecule has 348 valence electrons. The Morgan fingerprint density at radius 3 is 1.73 bits per heavy atom. The number of methoxy groups -OCH3 is 2. The molecule has 0 radical (unpaired) electrons. The first-order chi connectivity index (χ1) is 29.4. The van der Waals surface area contributed by atoms with Gasteiger partial charge in [-0.1, -0.05) is 102 Å². The molecule has 63 heavy (non-hydrogen) atoms. The second kappa shape index (κ2) is 21.9. The van der Waals surface area contributed by atoms with Crippen LogP contribution in [0.25, 0.3) is 0 Å². The van der Waals surface area contributed by atoms with Crippen LogP contribution in [0.15, 0.2) is 72.8 Å². The first kappa shape index (κ1) is 51.1. The minimum absolute atomic E-state index is 0.108. The van der Waals surface area contributed by atoms with Crippen molar-refractivity contribution >= 4 is 35.0 Å². The maximum absolute atomic E-state index is 13.2. The molecule has 3 aliphatic rings. The number of nitrogens with one attached hydrogen (secondary N) is 4. The van der Waals surface area contributed by atoms with E-state index >= 15 is 0 Å². The summed E-state index contributed by atoms with van der Waals surface area (Å²) >= 11 is 0. The Hall–Kier alpha value is -4.52. The molecule has 16 heteroatoms. The van der Waals surface area contributed by atoms with Gasteiger partial charge in [-0.25, -0.2) is 0 Å². The fourth-order valence-corrected chi connectivity index (χ4v) is 7.27. The number of para-hydroxylation sites is 2. The molecule has 2 aromatic carbocycles. The Morgan fingerprint density at radius 1 is 0.762 bits per heavy atom. The molecule has 0 aliphatic carbocycles. The first-order valence-electron chi connectivity index (χ1n) is 21.3. The van der Waals surface area contributed by atoms with Crippen LogP contribution in [0, 0.1) is 10.8 Å². The molecule has 3 aliphatic heterocycles. The van der Waals surface area contributed by atoms with Crippen molar-refractivity contribution in [1.29, 1.82) is 0 Å². The lowest BCUT2D eigenvalue weighted by molar-refractivity contribution is -0.334. The zero-order valence-electron chi connectivity index (χ0n) is 38.1. The molecule has 8 N–H and O–H groups in total. The maximum atomic E-state index is 13.2. The van der Waals surface area contributed by atoms with E-state index in [1.165, 1.54) is 20.3 Å². The van der Waals surface area contributed by atoms with Crippen LogP contribution in [0.1, 0.15) is 79.4 Å². The largest absolute Gasteiger partial charge is 0.387 e. The number of amides is 4. The van der Waals surface area contributed by atoms with Crippen molar-refractivity contribution in [1.82, 2.24) is 10.6 Å². The molecule has 5 rings (SSSR count). The van der Waals surface area contributed by atoms with Gasteiger partial charge in [0.25, 0.3) is 11.8 Å². The predicted octanol–water partition coefficient (Wildman–Crippen LogP) is 3.31. The number of anilines is 2. The molecular weight excluding hydrogens is 813 g/mol. The van der Waals surface area contributed by atoms with E-state index in [2.05, 4.69) is 21.3 Å². The lowest BCUT2D eigenvalue weighted by atomic mass is 9.93. The number of benzene rings is 2. The highest BCUT2D eigenvalue weighted by Gasteiger charge is 2.48. The molecule has 0 aromatic heterocycles. The Morgan fingerprint density at radius 2 is 1.25 bits per heavy atom. The van der Waals surface area contributed by atoms with Crippen molar-refractivity contribution in [3.8, 4) is 0 Å². The van der Waals surface area contributed by atoms with Crippen LogP contribution in [0.4, 0.5) is 11.4 Å². The van der Waals surface area contributed by atoms with Gasteiger partial charge in [-0.2, -0.15) is 0 Å². The first-order valence-corrected chi connectivity index (χ1v) is 21.3. The van der Waals surface area contributed by atoms with Crippen molar-refractivity contribution in [2.75, 3.05) is 24.9 Å². The van der Waals surface area contributed by atoms with Crippen LogP contribution >= 0.6 is 0 Å². The van der Waals surface area contributed by atoms with Gasteiger partial charge in [-0.05, 0) is 73.6 Å². The molecule has 1 saturated heterocycles. The van der Waals surface area contributed by atoms with Crippen molar-refractivity contribution < 1.29 is 58.6 Å². The summed E-state index contributed by atoms with van der Waals surface area (Å²) in [4.78, 5) is 51.1. The lowest BCUT2D eigenvalue weighted by Gasteiger charge is -2.45. The fourth-order valence-electron chi connectivity index (χ4n) is 7.27. The number of aliphatic hydroxyl groups is 4. The molecule has 10 atom stereocenters. The second-order valence-electron chi connectivity index (χ2n) is 18.8. The van der Waals surface area contributed by atoms with Crippen LogP contribution < -0.4 is 21.3 Å². The number of carbonyl (C=O) groups excluding carboxylic acids is 4. The van der Waals surface area contributed by atoms with Crippen molar-refractivity contribution in [3.05, 3.63) is 84.0 Å². The molecule has 0 spiro atoms. The molecule has 2 unspecified atom stereocenters. The predicted molar refractivity (Wildman–Crippen MR) is 237 cm³/mol. The average Bonchev–Trinajstić information content (AvgIpc) is 3.47. The maximum Gasteiger partial charge on any atom is 0.252 e. The van der Waals surface area contributed by atoms with Gasteiger partial charge in [-0.15, -0.1) is 0 Å². The minimum atomic E-state index is -1.69. The monoisotopic (exact) mass is 880 g/mol. The highest BCUT2D eigenvalue weighted by atomic mass is 16.7. The number of ether oxygens (including phenoxy) is 4. The summed E-state index contributed by atoms with van der Waals surface area (Å²) in [5.74, 6) is -2.98. The average molecular weight is 881 g/mol. The Balaban J connectivity index is 0.000000278. The van der Waals surface area contributed by atoms with Gasteiger partial charge >= 0.3 is 0 Å². The number of aliphatic hydroxyl groups excluding tert-OH is 4. The van der Waals surface area contributed by atoms with E-state index in [9.17, 15) is 39.6 Å². The third kappa shape index (κ3) is 14.8. The molecule has 16 nitrogen and oxygen atoms in total. The lowest BCUT2D eigenvalue weighted by Crippen LogP contribution is -2.61. The summed E-state index contributed by atoms with van der Waals surface area (Å²) in [6.07, 6.45) is -1.27. The van der Waals surface area contributed by atoms with Crippen molar-refractivity contribution in [3.63, 3.8) is 0 Å². The summed E-state index contributed by atoms with van der Waals surface area (Å²) in [7, 11) is 2.59. The van der Waals surface area contributed by atoms with E-state index in [1.54, 1.807) is 32.1 Å². The smallest absolute Gasteiger partial charge is 0.252 e. The van der Waals surface area contributed by atoms with E-state index in [4.69, 9.17) is 18.9 Å². The molecule has 0 bridgehead atoms. The van der Waals surface area contributed by atoms with Crippen LogP contribution in [-0.4, -0.2) is 125 Å². The topological polar surface area (TPSA) is 234 Å². The summed E-state index contributed by atoms with van der Waals surface area (Å²) < 4.78 is 22.4. The van der Waals surface area contributed by atoms with Crippen molar-refractivity contribution in [2.24, 2.45) is 10.8 Å². The molecule has 3 heterocycles. The van der Waals surface area contributed by atoms with E-state index < -0.39 is 78.5 Å². The third-order valence-electron chi connectivity index (χ3n) is 10.6. The van der Waals surface area contributed by atoms with E-state index in [0.29, 0.717) is 31.4 Å². The zero-order valence-corrected chi connectivity index (χ0v) is 38.1. The van der Waals surface area contributed by atoms with Crippen LogP contribution in [-0.2, 0) is 51.0 Å². The number of hydrogen-bond acceptors (Lipinski definition) is 12. The van der Waals surface area contributed by atoms with E-state index in [1.807, 2.05) is 90.1 Å². The van der Waals surface area contributed by atoms with E-state index in [-0.39, 0.29) is 22.6 Å². The fraction of sp³-hybridized carbons (Fsp3) is 0.574. The number of allylic oxidation sites excluding steroid dienone is 2. The van der Waals surface area contributed by atoms with Crippen LogP contribution in [0.2, 0.25) is 0 Å². The molecular formula is C47H68N4O12. The summed E-state index contributed by atoms with van der Waals surface area (Å²) in [5, 5.41) is 52.8. The summed E-state index contributed by atoms with van der Waals surface area (Å²) in [6.45, 7) is 15.3. The van der Waals surface area contributed by atoms with Gasteiger partial charge in [0.05, 0.1) is 0 Å². The zero-order chi connectivity index (χ0) is 46.9. The van der Waals surface area contributed by atoms with Gasteiger partial charge in [0, 0.05) is 25.6 Å². The van der Waals surface area contributed by atoms with Gasteiger partial charge < -0.3 is 60.6 Å². The molecule has 1 fully saturated rings. The quantitative estimate of drug-likeness (QED) is 0.144. The Kier molecular flexibility index (Phi) is 17.8. The van der Waals surface area contributed by atoms with Crippen LogP contribution in [0.5, 0.6) is 0 Å². The third-order valence-corrected chi connectivity index (χ3v) is 10.6. The van der Waals surface area contributed by atoms with Crippen molar-refractivity contribution in [2.45, 2.75) is 148 Å². The van der Waals surface area contributed by atoms with E-state index in [0.717, 1.165) is 16.8 Å². The Labute approximate surface area is 370 Å². The molecule has 0 saturated carbocycles. The van der Waals surface area contributed by atoms with Gasteiger partial charge in [0.15, 0.2) is 18.0 Å². The number of fused-ring (bicyclic) bond motifs is 2. The Bertz CT molecular complexity index is 1940. The highest BCUT2D eigenvalue weighted by Crippen LogP contribution is 2.32. The minimum Gasteiger partial charge on any atom is -0.387 e.